The minimum Gasteiger partial charge on any atom is -0.473 e. The van der Waals surface area contributed by atoms with Crippen LogP contribution in [-0.2, 0) is 31.5 Å². The van der Waals surface area contributed by atoms with Crippen LogP contribution in [0.2, 0.25) is 0 Å². The SMILES string of the molecule is Cn1nc(-c2ccc(OCc3ccccc3)nc2OCc2ccccc2)c2ccc(Cn3cc(C4=CCN(C(=O)OC(C)(C)C)CC4)cn3)cc21. The molecule has 0 radical (unpaired) electrons. The van der Waals surface area contributed by atoms with Gasteiger partial charge >= 0.3 is 6.09 Å². The number of aryl methyl sites for hydroxylation is 1. The highest BCUT2D eigenvalue weighted by Gasteiger charge is 2.24. The molecule has 0 aliphatic carbocycles. The molecule has 7 rings (SSSR count). The molecular weight excluding hydrogens is 640 g/mol. The Morgan fingerprint density at radius 3 is 2.27 bits per heavy atom. The summed E-state index contributed by atoms with van der Waals surface area (Å²) in [5.41, 5.74) is 7.51. The summed E-state index contributed by atoms with van der Waals surface area (Å²) in [5.74, 6) is 0.944. The van der Waals surface area contributed by atoms with Gasteiger partial charge in [0.15, 0.2) is 0 Å². The fraction of sp³-hybridized carbons (Fsp3) is 0.268. The number of amides is 1. The van der Waals surface area contributed by atoms with E-state index in [0.717, 1.165) is 50.8 Å². The van der Waals surface area contributed by atoms with Gasteiger partial charge in [-0.1, -0.05) is 78.9 Å². The highest BCUT2D eigenvalue weighted by atomic mass is 16.6. The number of pyridine rings is 1. The van der Waals surface area contributed by atoms with Gasteiger partial charge in [-0.3, -0.25) is 9.36 Å². The minimum atomic E-state index is -0.511. The van der Waals surface area contributed by atoms with E-state index in [2.05, 4.69) is 35.6 Å². The summed E-state index contributed by atoms with van der Waals surface area (Å²) >= 11 is 0. The van der Waals surface area contributed by atoms with Crippen LogP contribution in [0.4, 0.5) is 4.79 Å². The molecule has 3 aromatic heterocycles. The Morgan fingerprint density at radius 1 is 0.863 bits per heavy atom. The van der Waals surface area contributed by atoms with Gasteiger partial charge in [0, 0.05) is 43.4 Å². The number of hydrogen-bond acceptors (Lipinski definition) is 7. The molecule has 3 aromatic carbocycles. The Hall–Kier alpha value is -5.90. The van der Waals surface area contributed by atoms with E-state index in [4.69, 9.17) is 24.3 Å². The third-order valence-electron chi connectivity index (χ3n) is 8.66. The monoisotopic (exact) mass is 682 g/mol. The second-order valence-corrected chi connectivity index (χ2v) is 13.7. The number of benzene rings is 3. The molecule has 10 heteroatoms. The third-order valence-corrected chi connectivity index (χ3v) is 8.66. The zero-order valence-electron chi connectivity index (χ0n) is 29.5. The van der Waals surface area contributed by atoms with Crippen LogP contribution in [-0.4, -0.2) is 54.2 Å². The van der Waals surface area contributed by atoms with Gasteiger partial charge in [0.1, 0.15) is 24.5 Å². The van der Waals surface area contributed by atoms with Gasteiger partial charge in [-0.15, -0.1) is 0 Å². The lowest BCUT2D eigenvalue weighted by Gasteiger charge is -2.29. The molecule has 260 valence electrons. The van der Waals surface area contributed by atoms with E-state index < -0.39 is 5.60 Å². The summed E-state index contributed by atoms with van der Waals surface area (Å²) in [5, 5.41) is 10.6. The minimum absolute atomic E-state index is 0.278. The normalized spacial score (nSPS) is 13.3. The van der Waals surface area contributed by atoms with Crippen molar-refractivity contribution in [3.63, 3.8) is 0 Å². The Labute approximate surface area is 297 Å². The van der Waals surface area contributed by atoms with Crippen molar-refractivity contribution in [1.29, 1.82) is 0 Å². The van der Waals surface area contributed by atoms with E-state index in [1.807, 2.05) is 116 Å². The molecule has 0 saturated heterocycles. The van der Waals surface area contributed by atoms with Crippen LogP contribution < -0.4 is 9.47 Å². The molecule has 1 amide bonds. The van der Waals surface area contributed by atoms with Crippen LogP contribution in [0, 0.1) is 0 Å². The summed E-state index contributed by atoms with van der Waals surface area (Å²) in [6.07, 6.45) is 6.52. The number of rotatable bonds is 10. The number of fused-ring (bicyclic) bond motifs is 1. The second-order valence-electron chi connectivity index (χ2n) is 13.7. The molecule has 0 saturated carbocycles. The van der Waals surface area contributed by atoms with Crippen molar-refractivity contribution in [2.45, 2.75) is 52.6 Å². The van der Waals surface area contributed by atoms with Gasteiger partial charge in [0.2, 0.25) is 11.8 Å². The summed E-state index contributed by atoms with van der Waals surface area (Å²) in [7, 11) is 1.95. The standard InChI is InChI=1S/C41H42N6O4/c1-41(2,3)51-40(48)46-21-19-32(20-22-46)33-24-42-47(26-33)25-31-15-16-34-36(23-31)45(4)44-38(34)35-17-18-37(49-27-29-11-7-5-8-12-29)43-39(35)50-28-30-13-9-6-10-14-30/h5-19,23-24,26H,20-22,25,27-28H2,1-4H3. The van der Waals surface area contributed by atoms with Gasteiger partial charge in [0.05, 0.1) is 23.8 Å². The fourth-order valence-electron chi connectivity index (χ4n) is 6.08. The Morgan fingerprint density at radius 2 is 1.59 bits per heavy atom. The lowest BCUT2D eigenvalue weighted by atomic mass is 10.0. The third kappa shape index (κ3) is 8.12. The molecule has 0 bridgehead atoms. The largest absolute Gasteiger partial charge is 0.473 e. The maximum atomic E-state index is 12.5. The molecule has 4 heterocycles. The molecule has 1 aliphatic rings. The first-order valence-electron chi connectivity index (χ1n) is 17.2. The van der Waals surface area contributed by atoms with Crippen molar-refractivity contribution < 1.29 is 19.0 Å². The molecule has 1 aliphatic heterocycles. The summed E-state index contributed by atoms with van der Waals surface area (Å²) in [6.45, 7) is 8.16. The first kappa shape index (κ1) is 33.6. The number of ether oxygens (including phenoxy) is 3. The second kappa shape index (κ2) is 14.5. The van der Waals surface area contributed by atoms with E-state index in [1.165, 1.54) is 5.57 Å². The van der Waals surface area contributed by atoms with Crippen molar-refractivity contribution in [2.75, 3.05) is 13.1 Å². The van der Waals surface area contributed by atoms with Gasteiger partial charge in [0.25, 0.3) is 0 Å². The van der Waals surface area contributed by atoms with Gasteiger partial charge in [-0.05, 0) is 61.6 Å². The number of carbonyl (C=O) groups excluding carboxylic acids is 1. The Balaban J connectivity index is 1.09. The molecule has 0 atom stereocenters. The van der Waals surface area contributed by atoms with E-state index in [-0.39, 0.29) is 6.09 Å². The van der Waals surface area contributed by atoms with Gasteiger partial charge < -0.3 is 19.1 Å². The topological polar surface area (TPSA) is 96.5 Å². The van der Waals surface area contributed by atoms with Gasteiger partial charge in [-0.2, -0.15) is 15.2 Å². The first-order chi connectivity index (χ1) is 24.7. The average molecular weight is 683 g/mol. The average Bonchev–Trinajstić information content (AvgIpc) is 3.74. The van der Waals surface area contributed by atoms with E-state index in [9.17, 15) is 4.79 Å². The quantitative estimate of drug-likeness (QED) is 0.144. The highest BCUT2D eigenvalue weighted by molar-refractivity contribution is 5.95. The smallest absolute Gasteiger partial charge is 0.410 e. The van der Waals surface area contributed by atoms with E-state index in [0.29, 0.717) is 44.6 Å². The van der Waals surface area contributed by atoms with Gasteiger partial charge in [-0.25, -0.2) is 4.79 Å². The van der Waals surface area contributed by atoms with Crippen LogP contribution in [0.25, 0.3) is 27.7 Å². The van der Waals surface area contributed by atoms with Crippen molar-refractivity contribution >= 4 is 22.6 Å². The predicted octanol–water partition coefficient (Wildman–Crippen LogP) is 8.06. The molecule has 51 heavy (non-hydrogen) atoms. The Kier molecular flexibility index (Phi) is 9.57. The maximum absolute atomic E-state index is 12.5. The van der Waals surface area contributed by atoms with Crippen LogP contribution in [0.5, 0.6) is 11.8 Å². The maximum Gasteiger partial charge on any atom is 0.410 e. The molecule has 0 unspecified atom stereocenters. The molecule has 0 N–H and O–H groups in total. The van der Waals surface area contributed by atoms with Crippen LogP contribution in [0.3, 0.4) is 0 Å². The van der Waals surface area contributed by atoms with Crippen molar-refractivity contribution in [3.05, 3.63) is 132 Å². The van der Waals surface area contributed by atoms with Crippen molar-refractivity contribution in [2.24, 2.45) is 7.05 Å². The Bertz CT molecular complexity index is 2170. The fourth-order valence-corrected chi connectivity index (χ4v) is 6.08. The number of hydrogen-bond donors (Lipinski definition) is 0. The van der Waals surface area contributed by atoms with Crippen LogP contribution >= 0.6 is 0 Å². The summed E-state index contributed by atoms with van der Waals surface area (Å²) in [4.78, 5) is 19.0. The summed E-state index contributed by atoms with van der Waals surface area (Å²) < 4.78 is 21.8. The van der Waals surface area contributed by atoms with Crippen molar-refractivity contribution in [1.82, 2.24) is 29.4 Å². The zero-order valence-corrected chi connectivity index (χ0v) is 29.5. The zero-order chi connectivity index (χ0) is 35.4. The molecule has 0 spiro atoms. The van der Waals surface area contributed by atoms with Crippen LogP contribution in [0.1, 0.15) is 49.4 Å². The van der Waals surface area contributed by atoms with E-state index >= 15 is 0 Å². The highest BCUT2D eigenvalue weighted by Crippen LogP contribution is 2.36. The molecule has 10 nitrogen and oxygen atoms in total. The number of carbonyl (C=O) groups is 1. The lowest BCUT2D eigenvalue weighted by molar-refractivity contribution is 0.0270. The summed E-state index contributed by atoms with van der Waals surface area (Å²) in [6, 6.07) is 30.3. The molecule has 0 fully saturated rings. The molecule has 6 aromatic rings. The number of nitrogens with zero attached hydrogens (tertiary/aromatic N) is 6. The van der Waals surface area contributed by atoms with E-state index in [1.54, 1.807) is 4.90 Å². The lowest BCUT2D eigenvalue weighted by Crippen LogP contribution is -2.39. The molecular formula is C41H42N6O4. The predicted molar refractivity (Wildman–Crippen MR) is 197 cm³/mol. The van der Waals surface area contributed by atoms with Crippen LogP contribution in [0.15, 0.2) is 109 Å². The number of aromatic nitrogens is 5. The van der Waals surface area contributed by atoms with Crippen molar-refractivity contribution in [3.8, 4) is 23.0 Å². The first-order valence-corrected chi connectivity index (χ1v) is 17.2.